The Labute approximate surface area is 117 Å². The van der Waals surface area contributed by atoms with E-state index >= 15 is 0 Å². The van der Waals surface area contributed by atoms with E-state index < -0.39 is 18.0 Å². The number of fused-ring (bicyclic) bond motifs is 1. The average molecular weight is 272 g/mol. The standard InChI is InChI=1S/C16H16O4/c1-19-16(18)12-9-5-6-10-13(12)20-14(15(16)17)11-7-3-2-4-8-11/h2-10,14-15,17-18H,1H3/t14-,15-,16+/m1/s1. The zero-order valence-electron chi connectivity index (χ0n) is 11.1. The lowest BCUT2D eigenvalue weighted by molar-refractivity contribution is -0.280. The summed E-state index contributed by atoms with van der Waals surface area (Å²) in [5.74, 6) is -1.27. The molecule has 1 aliphatic heterocycles. The van der Waals surface area contributed by atoms with Crippen LogP contribution in [0.25, 0.3) is 0 Å². The van der Waals surface area contributed by atoms with Gasteiger partial charge in [0.15, 0.2) is 12.2 Å². The van der Waals surface area contributed by atoms with Crippen LogP contribution < -0.4 is 4.74 Å². The van der Waals surface area contributed by atoms with E-state index in [9.17, 15) is 10.2 Å². The summed E-state index contributed by atoms with van der Waals surface area (Å²) in [7, 11) is 1.37. The zero-order valence-corrected chi connectivity index (χ0v) is 11.1. The molecule has 2 aromatic carbocycles. The van der Waals surface area contributed by atoms with E-state index in [0.29, 0.717) is 11.3 Å². The van der Waals surface area contributed by atoms with Gasteiger partial charge in [0.25, 0.3) is 0 Å². The van der Waals surface area contributed by atoms with Gasteiger partial charge in [-0.1, -0.05) is 42.5 Å². The molecule has 2 N–H and O–H groups in total. The maximum absolute atomic E-state index is 10.7. The van der Waals surface area contributed by atoms with E-state index in [-0.39, 0.29) is 0 Å². The molecule has 0 fully saturated rings. The van der Waals surface area contributed by atoms with Crippen molar-refractivity contribution in [2.75, 3.05) is 7.11 Å². The highest BCUT2D eigenvalue weighted by molar-refractivity contribution is 5.41. The molecule has 0 bridgehead atoms. The first kappa shape index (κ1) is 13.1. The number of methoxy groups -OCH3 is 1. The molecule has 20 heavy (non-hydrogen) atoms. The van der Waals surface area contributed by atoms with E-state index in [1.165, 1.54) is 7.11 Å². The smallest absolute Gasteiger partial charge is 0.226 e. The van der Waals surface area contributed by atoms with Crippen molar-refractivity contribution >= 4 is 0 Å². The summed E-state index contributed by atoms with van der Waals surface area (Å²) in [6.45, 7) is 0. The number of rotatable bonds is 2. The van der Waals surface area contributed by atoms with Crippen molar-refractivity contribution in [1.29, 1.82) is 0 Å². The van der Waals surface area contributed by atoms with Gasteiger partial charge in [-0.25, -0.2) is 0 Å². The van der Waals surface area contributed by atoms with E-state index in [0.717, 1.165) is 5.56 Å². The molecule has 0 radical (unpaired) electrons. The number of hydrogen-bond donors (Lipinski definition) is 2. The van der Waals surface area contributed by atoms with Crippen LogP contribution in [0.3, 0.4) is 0 Å². The van der Waals surface area contributed by atoms with Crippen molar-refractivity contribution in [1.82, 2.24) is 0 Å². The Kier molecular flexibility index (Phi) is 3.22. The van der Waals surface area contributed by atoms with Gasteiger partial charge < -0.3 is 19.7 Å². The van der Waals surface area contributed by atoms with Crippen LogP contribution in [0.1, 0.15) is 17.2 Å². The molecule has 0 aliphatic carbocycles. The van der Waals surface area contributed by atoms with Crippen molar-refractivity contribution in [2.45, 2.75) is 18.0 Å². The number of aliphatic hydroxyl groups is 2. The van der Waals surface area contributed by atoms with Gasteiger partial charge in [0.1, 0.15) is 5.75 Å². The van der Waals surface area contributed by atoms with Crippen LogP contribution in [0.4, 0.5) is 0 Å². The number of hydrogen-bond acceptors (Lipinski definition) is 4. The lowest BCUT2D eigenvalue weighted by Crippen LogP contribution is -2.49. The Morgan fingerprint density at radius 3 is 2.40 bits per heavy atom. The summed E-state index contributed by atoms with van der Waals surface area (Å²) < 4.78 is 11.0. The zero-order chi connectivity index (χ0) is 14.2. The second kappa shape index (κ2) is 4.90. The highest BCUT2D eigenvalue weighted by Crippen LogP contribution is 2.44. The molecule has 0 amide bonds. The second-order valence-electron chi connectivity index (χ2n) is 4.79. The van der Waals surface area contributed by atoms with Crippen LogP contribution in [-0.4, -0.2) is 23.4 Å². The topological polar surface area (TPSA) is 58.9 Å². The molecule has 2 aromatic rings. The first-order chi connectivity index (χ1) is 9.66. The van der Waals surface area contributed by atoms with Crippen molar-refractivity contribution in [3.63, 3.8) is 0 Å². The number of para-hydroxylation sites is 1. The van der Waals surface area contributed by atoms with Gasteiger partial charge in [-0.05, 0) is 17.7 Å². The molecule has 1 heterocycles. The third-order valence-corrected chi connectivity index (χ3v) is 3.65. The third-order valence-electron chi connectivity index (χ3n) is 3.65. The molecule has 4 nitrogen and oxygen atoms in total. The summed E-state index contributed by atoms with van der Waals surface area (Å²) in [5, 5.41) is 21.2. The van der Waals surface area contributed by atoms with E-state index in [2.05, 4.69) is 0 Å². The summed E-state index contributed by atoms with van der Waals surface area (Å²) >= 11 is 0. The highest BCUT2D eigenvalue weighted by Gasteiger charge is 2.49. The van der Waals surface area contributed by atoms with Gasteiger partial charge in [-0.3, -0.25) is 0 Å². The Hall–Kier alpha value is -1.88. The van der Waals surface area contributed by atoms with Crippen LogP contribution in [-0.2, 0) is 10.5 Å². The maximum Gasteiger partial charge on any atom is 0.226 e. The van der Waals surface area contributed by atoms with Gasteiger partial charge in [0.2, 0.25) is 5.79 Å². The van der Waals surface area contributed by atoms with Gasteiger partial charge >= 0.3 is 0 Å². The third kappa shape index (κ3) is 1.89. The van der Waals surface area contributed by atoms with Crippen molar-refractivity contribution in [3.8, 4) is 5.75 Å². The average Bonchev–Trinajstić information content (AvgIpc) is 2.52. The van der Waals surface area contributed by atoms with Gasteiger partial charge in [-0.2, -0.15) is 0 Å². The molecule has 0 saturated heterocycles. The number of ether oxygens (including phenoxy) is 2. The molecule has 3 rings (SSSR count). The summed E-state index contributed by atoms with van der Waals surface area (Å²) in [6.07, 6.45) is -1.90. The van der Waals surface area contributed by atoms with Crippen molar-refractivity contribution in [2.24, 2.45) is 0 Å². The summed E-state index contributed by atoms with van der Waals surface area (Å²) in [6, 6.07) is 16.3. The molecule has 3 atom stereocenters. The fraction of sp³-hybridized carbons (Fsp3) is 0.250. The fourth-order valence-corrected chi connectivity index (χ4v) is 2.55. The van der Waals surface area contributed by atoms with Crippen molar-refractivity contribution < 1.29 is 19.7 Å². The van der Waals surface area contributed by atoms with Crippen LogP contribution >= 0.6 is 0 Å². The number of benzene rings is 2. The highest BCUT2D eigenvalue weighted by atomic mass is 16.6. The normalized spacial score (nSPS) is 28.6. The first-order valence-corrected chi connectivity index (χ1v) is 6.43. The Morgan fingerprint density at radius 1 is 1.05 bits per heavy atom. The van der Waals surface area contributed by atoms with Gasteiger partial charge in [0, 0.05) is 7.11 Å². The molecule has 1 aliphatic rings. The molecule has 4 heteroatoms. The molecule has 0 unspecified atom stereocenters. The van der Waals surface area contributed by atoms with Crippen LogP contribution in [0, 0.1) is 0 Å². The summed E-state index contributed by atoms with van der Waals surface area (Å²) in [4.78, 5) is 0. The predicted molar refractivity (Wildman–Crippen MR) is 73.2 cm³/mol. The quantitative estimate of drug-likeness (QED) is 0.821. The minimum atomic E-state index is -1.78. The molecule has 0 saturated carbocycles. The SMILES string of the molecule is CO[C@@]1(O)c2ccccc2O[C@H](c2ccccc2)[C@H]1O. The van der Waals surface area contributed by atoms with Crippen molar-refractivity contribution in [3.05, 3.63) is 65.7 Å². The number of aliphatic hydroxyl groups excluding tert-OH is 1. The minimum absolute atomic E-state index is 0.433. The molecule has 0 aromatic heterocycles. The molecular formula is C16H16O4. The molecule has 0 spiro atoms. The summed E-state index contributed by atoms with van der Waals surface area (Å²) in [5.41, 5.74) is 1.21. The van der Waals surface area contributed by atoms with E-state index in [1.807, 2.05) is 36.4 Å². The Bertz CT molecular complexity index is 598. The van der Waals surface area contributed by atoms with Gasteiger partial charge in [0.05, 0.1) is 5.56 Å². The lowest BCUT2D eigenvalue weighted by atomic mass is 9.89. The van der Waals surface area contributed by atoms with E-state index in [4.69, 9.17) is 9.47 Å². The second-order valence-corrected chi connectivity index (χ2v) is 4.79. The molecular weight excluding hydrogens is 256 g/mol. The Balaban J connectivity index is 2.10. The largest absolute Gasteiger partial charge is 0.482 e. The van der Waals surface area contributed by atoms with Crippen LogP contribution in [0.2, 0.25) is 0 Å². The van der Waals surface area contributed by atoms with Crippen LogP contribution in [0.15, 0.2) is 54.6 Å². The lowest BCUT2D eigenvalue weighted by Gasteiger charge is -2.41. The Morgan fingerprint density at radius 2 is 1.70 bits per heavy atom. The predicted octanol–water partition coefficient (Wildman–Crippen LogP) is 1.97. The minimum Gasteiger partial charge on any atom is -0.482 e. The van der Waals surface area contributed by atoms with Crippen LogP contribution in [0.5, 0.6) is 5.75 Å². The first-order valence-electron chi connectivity index (χ1n) is 6.43. The monoisotopic (exact) mass is 272 g/mol. The maximum atomic E-state index is 10.7. The fourth-order valence-electron chi connectivity index (χ4n) is 2.55. The molecule has 104 valence electrons. The van der Waals surface area contributed by atoms with Gasteiger partial charge in [-0.15, -0.1) is 0 Å². The van der Waals surface area contributed by atoms with E-state index in [1.54, 1.807) is 18.2 Å².